The molecule has 3 rings (SSSR count). The van der Waals surface area contributed by atoms with Gasteiger partial charge < -0.3 is 9.64 Å². The molecule has 1 fully saturated rings. The fraction of sp³-hybridized carbons (Fsp3) is 0.333. The number of nitrogens with zero attached hydrogens (tertiary/aromatic N) is 2. The molecule has 0 unspecified atom stereocenters. The van der Waals surface area contributed by atoms with E-state index in [9.17, 15) is 22.4 Å². The highest BCUT2D eigenvalue weighted by molar-refractivity contribution is 5.84. The number of carbonyl (C=O) groups excluding carboxylic acids is 1. The molecule has 1 heterocycles. The van der Waals surface area contributed by atoms with Gasteiger partial charge in [0.05, 0.1) is 17.2 Å². The number of rotatable bonds is 4. The zero-order valence-electron chi connectivity index (χ0n) is 15.8. The highest BCUT2D eigenvalue weighted by Crippen LogP contribution is 2.38. The van der Waals surface area contributed by atoms with E-state index in [1.54, 1.807) is 32.0 Å². The van der Waals surface area contributed by atoms with Gasteiger partial charge in [-0.05, 0) is 24.3 Å². The normalized spacial score (nSPS) is 18.6. The lowest BCUT2D eigenvalue weighted by Gasteiger charge is -2.24. The first kappa shape index (κ1) is 20.6. The van der Waals surface area contributed by atoms with E-state index in [-0.39, 0.29) is 18.8 Å². The standard InChI is InChI=1S/C21H18F4N2O2/c1-20(2)12-27(11-14-5-3-4-6-17(14)22)19(28)18(20)29-15-8-7-13(10-26)16(9-15)21(23,24)25/h3-9,18H,11-12H2,1-2H3/t18-/m0/s1. The lowest BCUT2D eigenvalue weighted by molar-refractivity contribution is -0.138. The number of halogens is 4. The quantitative estimate of drug-likeness (QED) is 0.701. The van der Waals surface area contributed by atoms with Gasteiger partial charge in [0, 0.05) is 24.1 Å². The summed E-state index contributed by atoms with van der Waals surface area (Å²) >= 11 is 0. The Morgan fingerprint density at radius 2 is 1.93 bits per heavy atom. The number of hydrogen-bond donors (Lipinski definition) is 0. The monoisotopic (exact) mass is 406 g/mol. The van der Waals surface area contributed by atoms with Gasteiger partial charge in [-0.2, -0.15) is 18.4 Å². The average molecular weight is 406 g/mol. The van der Waals surface area contributed by atoms with Crippen molar-refractivity contribution in [2.45, 2.75) is 32.7 Å². The van der Waals surface area contributed by atoms with Crippen molar-refractivity contribution >= 4 is 5.91 Å². The van der Waals surface area contributed by atoms with Gasteiger partial charge in [0.15, 0.2) is 6.10 Å². The van der Waals surface area contributed by atoms with Crippen molar-refractivity contribution in [3.63, 3.8) is 0 Å². The third kappa shape index (κ3) is 4.19. The molecule has 1 amide bonds. The van der Waals surface area contributed by atoms with Crippen LogP contribution in [0.25, 0.3) is 0 Å². The van der Waals surface area contributed by atoms with E-state index in [1.807, 2.05) is 0 Å². The summed E-state index contributed by atoms with van der Waals surface area (Å²) in [6, 6.07) is 10.5. The fourth-order valence-corrected chi connectivity index (χ4v) is 3.39. The van der Waals surface area contributed by atoms with Crippen molar-refractivity contribution in [2.24, 2.45) is 5.41 Å². The first-order valence-corrected chi connectivity index (χ1v) is 8.83. The maximum Gasteiger partial charge on any atom is 0.417 e. The highest BCUT2D eigenvalue weighted by atomic mass is 19.4. The van der Waals surface area contributed by atoms with Crippen LogP contribution in [-0.4, -0.2) is 23.5 Å². The van der Waals surface area contributed by atoms with Crippen molar-refractivity contribution in [1.82, 2.24) is 4.90 Å². The van der Waals surface area contributed by atoms with Gasteiger partial charge in [0.1, 0.15) is 11.6 Å². The minimum atomic E-state index is -4.73. The third-order valence-electron chi connectivity index (χ3n) is 4.83. The van der Waals surface area contributed by atoms with E-state index in [0.717, 1.165) is 12.1 Å². The predicted molar refractivity (Wildman–Crippen MR) is 96.2 cm³/mol. The first-order valence-electron chi connectivity index (χ1n) is 8.83. The van der Waals surface area contributed by atoms with Crippen LogP contribution in [0.4, 0.5) is 17.6 Å². The molecule has 8 heteroatoms. The van der Waals surface area contributed by atoms with Gasteiger partial charge in [-0.3, -0.25) is 4.79 Å². The number of benzene rings is 2. The van der Waals surface area contributed by atoms with Crippen LogP contribution in [0.2, 0.25) is 0 Å². The Hall–Kier alpha value is -3.08. The van der Waals surface area contributed by atoms with Crippen molar-refractivity contribution in [1.29, 1.82) is 5.26 Å². The maximum absolute atomic E-state index is 13.9. The van der Waals surface area contributed by atoms with E-state index < -0.39 is 40.5 Å². The second kappa shape index (κ2) is 7.39. The van der Waals surface area contributed by atoms with Gasteiger partial charge in [-0.25, -0.2) is 4.39 Å². The second-order valence-corrected chi connectivity index (χ2v) is 7.59. The number of amides is 1. The van der Waals surface area contributed by atoms with E-state index in [0.29, 0.717) is 5.56 Å². The molecule has 152 valence electrons. The molecule has 1 aliphatic rings. The molecule has 29 heavy (non-hydrogen) atoms. The molecular formula is C21H18F4N2O2. The maximum atomic E-state index is 13.9. The van der Waals surface area contributed by atoms with E-state index in [2.05, 4.69) is 0 Å². The van der Waals surface area contributed by atoms with Crippen LogP contribution in [-0.2, 0) is 17.5 Å². The summed E-state index contributed by atoms with van der Waals surface area (Å²) in [5, 5.41) is 8.90. The van der Waals surface area contributed by atoms with Crippen LogP contribution in [0.15, 0.2) is 42.5 Å². The zero-order valence-corrected chi connectivity index (χ0v) is 15.8. The Morgan fingerprint density at radius 1 is 1.24 bits per heavy atom. The van der Waals surface area contributed by atoms with Crippen molar-refractivity contribution in [3.05, 3.63) is 65.0 Å². The molecule has 0 N–H and O–H groups in total. The minimum absolute atomic E-state index is 0.0377. The molecule has 0 spiro atoms. The number of hydrogen-bond acceptors (Lipinski definition) is 3. The number of likely N-dealkylation sites (tertiary alicyclic amines) is 1. The smallest absolute Gasteiger partial charge is 0.417 e. The van der Waals surface area contributed by atoms with Crippen molar-refractivity contribution in [2.75, 3.05) is 6.54 Å². The first-order chi connectivity index (χ1) is 13.5. The molecule has 1 saturated heterocycles. The number of carbonyl (C=O) groups is 1. The molecule has 1 aliphatic heterocycles. The average Bonchev–Trinajstić information content (AvgIpc) is 2.85. The molecule has 0 radical (unpaired) electrons. The van der Waals surface area contributed by atoms with Crippen LogP contribution in [0.1, 0.15) is 30.5 Å². The lowest BCUT2D eigenvalue weighted by Crippen LogP contribution is -2.36. The van der Waals surface area contributed by atoms with Crippen molar-refractivity contribution in [3.8, 4) is 11.8 Å². The summed E-state index contributed by atoms with van der Waals surface area (Å²) in [7, 11) is 0. The fourth-order valence-electron chi connectivity index (χ4n) is 3.39. The molecule has 0 bridgehead atoms. The summed E-state index contributed by atoms with van der Waals surface area (Å²) < 4.78 is 59.1. The Kier molecular flexibility index (Phi) is 5.26. The number of alkyl halides is 3. The summed E-state index contributed by atoms with van der Waals surface area (Å²) in [6.07, 6.45) is -5.76. The topological polar surface area (TPSA) is 53.3 Å². The molecule has 0 saturated carbocycles. The van der Waals surface area contributed by atoms with Gasteiger partial charge in [0.25, 0.3) is 5.91 Å². The molecule has 1 atom stereocenters. The van der Waals surface area contributed by atoms with E-state index >= 15 is 0 Å². The highest BCUT2D eigenvalue weighted by Gasteiger charge is 2.48. The van der Waals surface area contributed by atoms with Crippen molar-refractivity contribution < 1.29 is 27.1 Å². The molecule has 0 aliphatic carbocycles. The third-order valence-corrected chi connectivity index (χ3v) is 4.83. The van der Waals surface area contributed by atoms with Crippen LogP contribution in [0.3, 0.4) is 0 Å². The zero-order chi connectivity index (χ0) is 21.4. The van der Waals surface area contributed by atoms with E-state index in [1.165, 1.54) is 23.1 Å². The van der Waals surface area contributed by atoms with Crippen LogP contribution >= 0.6 is 0 Å². The molecular weight excluding hydrogens is 388 g/mol. The largest absolute Gasteiger partial charge is 0.480 e. The Bertz CT molecular complexity index is 979. The molecule has 4 nitrogen and oxygen atoms in total. The van der Waals surface area contributed by atoms with Gasteiger partial charge >= 0.3 is 6.18 Å². The number of ether oxygens (including phenoxy) is 1. The minimum Gasteiger partial charge on any atom is -0.480 e. The molecule has 0 aromatic heterocycles. The Labute approximate surface area is 165 Å². The summed E-state index contributed by atoms with van der Waals surface area (Å²) in [5.74, 6) is -1.03. The molecule has 2 aromatic carbocycles. The Balaban J connectivity index is 1.85. The van der Waals surface area contributed by atoms with Gasteiger partial charge in [-0.15, -0.1) is 0 Å². The predicted octanol–water partition coefficient (Wildman–Crippen LogP) is 4.53. The van der Waals surface area contributed by atoms with Gasteiger partial charge in [0.2, 0.25) is 0 Å². The second-order valence-electron chi connectivity index (χ2n) is 7.59. The SMILES string of the molecule is CC1(C)CN(Cc2ccccc2F)C(=O)[C@@H]1Oc1ccc(C#N)c(C(F)(F)F)c1. The lowest BCUT2D eigenvalue weighted by atomic mass is 9.89. The summed E-state index contributed by atoms with van der Waals surface area (Å²) in [5.41, 5.74) is -2.02. The van der Waals surface area contributed by atoms with Crippen LogP contribution in [0, 0.1) is 22.6 Å². The summed E-state index contributed by atoms with van der Waals surface area (Å²) in [6.45, 7) is 3.81. The van der Waals surface area contributed by atoms with Crippen LogP contribution < -0.4 is 4.74 Å². The summed E-state index contributed by atoms with van der Waals surface area (Å²) in [4.78, 5) is 14.3. The Morgan fingerprint density at radius 3 is 2.55 bits per heavy atom. The van der Waals surface area contributed by atoms with Gasteiger partial charge in [-0.1, -0.05) is 32.0 Å². The molecule has 2 aromatic rings. The van der Waals surface area contributed by atoms with E-state index in [4.69, 9.17) is 10.00 Å². The number of nitriles is 1. The van der Waals surface area contributed by atoms with Crippen LogP contribution in [0.5, 0.6) is 5.75 Å².